The van der Waals surface area contributed by atoms with Gasteiger partial charge in [-0.2, -0.15) is 4.98 Å². The fraction of sp³-hybridized carbons (Fsp3) is 0.556. The van der Waals surface area contributed by atoms with Crippen LogP contribution in [0.2, 0.25) is 0 Å². The van der Waals surface area contributed by atoms with E-state index in [1.807, 2.05) is 0 Å². The molecule has 11 heteroatoms. The Morgan fingerprint density at radius 1 is 1.50 bits per heavy atom. The average Bonchev–Trinajstić information content (AvgIpc) is 2.73. The molecule has 2 rings (SSSR count). The molecule has 9 nitrogen and oxygen atoms in total. The number of anilines is 3. The normalized spacial score (nSPS) is 13.8. The Morgan fingerprint density at radius 3 is 2.85 bits per heavy atom. The number of rotatable bonds is 5. The predicted molar refractivity (Wildman–Crippen MR) is 63.9 cm³/mol. The van der Waals surface area contributed by atoms with E-state index in [1.54, 1.807) is 0 Å². The number of hydrogen-bond acceptors (Lipinski definition) is 8. The van der Waals surface area contributed by atoms with E-state index in [2.05, 4.69) is 15.3 Å². The number of nitrogens with zero attached hydrogens (tertiary/aromatic N) is 2. The van der Waals surface area contributed by atoms with E-state index in [0.29, 0.717) is 6.42 Å². The van der Waals surface area contributed by atoms with Crippen LogP contribution >= 0.6 is 0 Å². The van der Waals surface area contributed by atoms with E-state index in [0.717, 1.165) is 0 Å². The number of fused-ring (bicyclic) bond motifs is 1. The van der Waals surface area contributed by atoms with E-state index in [9.17, 15) is 9.90 Å². The van der Waals surface area contributed by atoms with Crippen LogP contribution in [0.4, 0.5) is 17.5 Å². The molecular formula is C9H15N5Na2O4+2. The van der Waals surface area contributed by atoms with Crippen molar-refractivity contribution >= 4 is 17.5 Å². The third-order valence-electron chi connectivity index (χ3n) is 2.45. The van der Waals surface area contributed by atoms with Crippen LogP contribution in [0.5, 0.6) is 0 Å². The molecule has 100 valence electrons. The summed E-state index contributed by atoms with van der Waals surface area (Å²) >= 11 is 0. The summed E-state index contributed by atoms with van der Waals surface area (Å²) in [6, 6.07) is 0. The third kappa shape index (κ3) is 4.58. The number of aliphatic hydroxyl groups excluding tert-OH is 2. The van der Waals surface area contributed by atoms with Gasteiger partial charge in [0.2, 0.25) is 12.4 Å². The SMILES string of the molecule is Nc1nc2c(c(=O)[nH]1)NCN2C(O)OCCCO.[Na+].[Na+]. The molecule has 2 heterocycles. The molecule has 0 fully saturated rings. The molecule has 0 aliphatic carbocycles. The zero-order valence-corrected chi connectivity index (χ0v) is 15.6. The molecule has 6 N–H and O–H groups in total. The zero-order valence-electron chi connectivity index (χ0n) is 11.6. The van der Waals surface area contributed by atoms with Crippen molar-refractivity contribution in [3.8, 4) is 0 Å². The predicted octanol–water partition coefficient (Wildman–Crippen LogP) is -7.78. The summed E-state index contributed by atoms with van der Waals surface area (Å²) in [5.41, 5.74) is 5.28. The van der Waals surface area contributed by atoms with E-state index < -0.39 is 12.0 Å². The summed E-state index contributed by atoms with van der Waals surface area (Å²) in [6.07, 6.45) is -0.838. The number of hydrogen-bond donors (Lipinski definition) is 5. The van der Waals surface area contributed by atoms with E-state index in [4.69, 9.17) is 15.6 Å². The van der Waals surface area contributed by atoms with E-state index in [-0.39, 0.29) is 96.5 Å². The van der Waals surface area contributed by atoms with Crippen LogP contribution in [-0.4, -0.2) is 46.5 Å². The van der Waals surface area contributed by atoms with Gasteiger partial charge in [0.25, 0.3) is 5.56 Å². The molecule has 0 amide bonds. The van der Waals surface area contributed by atoms with Gasteiger partial charge in [-0.3, -0.25) is 14.7 Å². The van der Waals surface area contributed by atoms with Crippen molar-refractivity contribution < 1.29 is 74.1 Å². The van der Waals surface area contributed by atoms with Gasteiger partial charge in [-0.25, -0.2) is 0 Å². The standard InChI is InChI=1S/C9H15N5O4.2Na/c10-8-12-6-5(7(16)13-8)11-4-14(6)9(17)18-3-1-2-15;;/h9,11,15,17H,1-4H2,(H3,10,12,13,16);;/q;2*+1. The van der Waals surface area contributed by atoms with Crippen molar-refractivity contribution in [1.29, 1.82) is 0 Å². The van der Waals surface area contributed by atoms with Crippen molar-refractivity contribution in [3.05, 3.63) is 10.4 Å². The van der Waals surface area contributed by atoms with Crippen LogP contribution in [0.1, 0.15) is 6.42 Å². The Balaban J connectivity index is 0.00000180. The van der Waals surface area contributed by atoms with E-state index in [1.165, 1.54) is 4.90 Å². The van der Waals surface area contributed by atoms with E-state index >= 15 is 0 Å². The Bertz CT molecular complexity index is 486. The van der Waals surface area contributed by atoms with Gasteiger partial charge in [-0.05, 0) is 6.42 Å². The molecule has 1 aromatic heterocycles. The van der Waals surface area contributed by atoms with Crippen LogP contribution in [0.15, 0.2) is 4.79 Å². The number of nitrogen functional groups attached to an aromatic ring is 1. The quantitative estimate of drug-likeness (QED) is 0.205. The summed E-state index contributed by atoms with van der Waals surface area (Å²) in [4.78, 5) is 19.2. The maximum atomic E-state index is 11.5. The van der Waals surface area contributed by atoms with Crippen molar-refractivity contribution in [3.63, 3.8) is 0 Å². The summed E-state index contributed by atoms with van der Waals surface area (Å²) in [7, 11) is 0. The summed E-state index contributed by atoms with van der Waals surface area (Å²) in [5.74, 6) is 0.211. The molecule has 0 saturated heterocycles. The summed E-state index contributed by atoms with van der Waals surface area (Å²) in [6.45, 7) is 0.365. The largest absolute Gasteiger partial charge is 1.00 e. The Labute approximate surface area is 159 Å². The number of nitrogens with one attached hydrogen (secondary N) is 2. The van der Waals surface area contributed by atoms with Crippen molar-refractivity contribution in [1.82, 2.24) is 9.97 Å². The Kier molecular flexibility index (Phi) is 9.31. The van der Waals surface area contributed by atoms with Crippen LogP contribution in [0.3, 0.4) is 0 Å². The fourth-order valence-electron chi connectivity index (χ4n) is 1.61. The second kappa shape index (κ2) is 9.23. The summed E-state index contributed by atoms with van der Waals surface area (Å²) in [5, 5.41) is 21.2. The molecule has 1 aliphatic heterocycles. The number of nitrogens with two attached hydrogens (primary N) is 1. The number of aliphatic hydroxyl groups is 2. The van der Waals surface area contributed by atoms with Gasteiger partial charge < -0.3 is 26.0 Å². The van der Waals surface area contributed by atoms with Crippen molar-refractivity contribution in [2.24, 2.45) is 0 Å². The number of H-pyrrole nitrogens is 1. The second-order valence-corrected chi connectivity index (χ2v) is 3.73. The van der Waals surface area contributed by atoms with Gasteiger partial charge in [0, 0.05) is 6.61 Å². The minimum absolute atomic E-state index is 0. The molecule has 0 saturated carbocycles. The maximum Gasteiger partial charge on any atom is 1.00 e. The van der Waals surface area contributed by atoms with Crippen LogP contribution in [-0.2, 0) is 4.74 Å². The monoisotopic (exact) mass is 303 g/mol. The molecule has 0 radical (unpaired) electrons. The topological polar surface area (TPSA) is 137 Å². The van der Waals surface area contributed by atoms with Gasteiger partial charge in [0.1, 0.15) is 5.69 Å². The Hall–Kier alpha value is 0.160. The van der Waals surface area contributed by atoms with Gasteiger partial charge >= 0.3 is 59.1 Å². The molecule has 0 bridgehead atoms. The second-order valence-electron chi connectivity index (χ2n) is 3.73. The van der Waals surface area contributed by atoms with Gasteiger partial charge in [0.15, 0.2) is 5.82 Å². The molecular weight excluding hydrogens is 288 g/mol. The van der Waals surface area contributed by atoms with Crippen LogP contribution in [0.25, 0.3) is 0 Å². The maximum absolute atomic E-state index is 11.5. The number of aromatic nitrogens is 2. The molecule has 1 aromatic rings. The molecule has 0 aromatic carbocycles. The first-order chi connectivity index (χ1) is 8.63. The first-order valence-electron chi connectivity index (χ1n) is 5.44. The first kappa shape index (κ1) is 20.2. The zero-order chi connectivity index (χ0) is 13.1. The van der Waals surface area contributed by atoms with Crippen LogP contribution in [0, 0.1) is 0 Å². The third-order valence-corrected chi connectivity index (χ3v) is 2.45. The molecule has 20 heavy (non-hydrogen) atoms. The first-order valence-corrected chi connectivity index (χ1v) is 5.44. The minimum atomic E-state index is -1.25. The molecule has 0 spiro atoms. The average molecular weight is 303 g/mol. The molecule has 1 aliphatic rings. The molecule has 1 atom stereocenters. The van der Waals surface area contributed by atoms with Crippen molar-refractivity contribution in [2.45, 2.75) is 12.8 Å². The summed E-state index contributed by atoms with van der Waals surface area (Å²) < 4.78 is 5.09. The van der Waals surface area contributed by atoms with Crippen LogP contribution < -0.4 is 80.6 Å². The molecule has 1 unspecified atom stereocenters. The fourth-order valence-corrected chi connectivity index (χ4v) is 1.61. The number of aromatic amines is 1. The smallest absolute Gasteiger partial charge is 0.396 e. The van der Waals surface area contributed by atoms with Gasteiger partial charge in [-0.1, -0.05) is 0 Å². The Morgan fingerprint density at radius 2 is 2.20 bits per heavy atom. The number of ether oxygens (including phenoxy) is 1. The van der Waals surface area contributed by atoms with Gasteiger partial charge in [-0.15, -0.1) is 0 Å². The minimum Gasteiger partial charge on any atom is -0.396 e. The van der Waals surface area contributed by atoms with Gasteiger partial charge in [0.05, 0.1) is 13.3 Å². The van der Waals surface area contributed by atoms with Crippen molar-refractivity contribution in [2.75, 3.05) is 35.8 Å².